The second kappa shape index (κ2) is 9.96. The number of likely N-dealkylation sites (tertiary alicyclic amines) is 1. The van der Waals surface area contributed by atoms with Crippen LogP contribution in [0, 0.1) is 11.8 Å². The van der Waals surface area contributed by atoms with E-state index in [1.54, 1.807) is 0 Å². The van der Waals surface area contributed by atoms with E-state index in [0.29, 0.717) is 6.04 Å². The lowest BCUT2D eigenvalue weighted by atomic mass is 9.82. The van der Waals surface area contributed by atoms with Gasteiger partial charge in [-0.1, -0.05) is 26.7 Å². The van der Waals surface area contributed by atoms with E-state index in [0.717, 1.165) is 37.4 Å². The Labute approximate surface area is 154 Å². The fraction of sp³-hybridized carbons (Fsp3) is 0.941. The summed E-state index contributed by atoms with van der Waals surface area (Å²) in [6, 6.07) is 0.557. The molecule has 2 aliphatic rings. The maximum absolute atomic E-state index is 4.52. The number of rotatable bonds is 5. The van der Waals surface area contributed by atoms with Gasteiger partial charge in [0.2, 0.25) is 0 Å². The van der Waals surface area contributed by atoms with Gasteiger partial charge in [0.05, 0.1) is 0 Å². The number of nitrogens with zero attached hydrogens (tertiary/aromatic N) is 3. The molecule has 22 heavy (non-hydrogen) atoms. The number of guanidine groups is 1. The average Bonchev–Trinajstić information content (AvgIpc) is 2.92. The zero-order chi connectivity index (χ0) is 15.2. The van der Waals surface area contributed by atoms with Crippen LogP contribution in [0.2, 0.25) is 0 Å². The highest BCUT2D eigenvalue weighted by molar-refractivity contribution is 14.0. The fourth-order valence-corrected chi connectivity index (χ4v) is 4.13. The molecular formula is C17H35IN4. The molecule has 0 amide bonds. The third-order valence-corrected chi connectivity index (χ3v) is 5.48. The predicted octanol–water partition coefficient (Wildman–Crippen LogP) is 3.03. The Morgan fingerprint density at radius 2 is 1.73 bits per heavy atom. The molecule has 2 fully saturated rings. The lowest BCUT2D eigenvalue weighted by Gasteiger charge is -2.29. The van der Waals surface area contributed by atoms with Crippen LogP contribution in [0.4, 0.5) is 0 Å². The summed E-state index contributed by atoms with van der Waals surface area (Å²) in [7, 11) is 1.92. The van der Waals surface area contributed by atoms with Crippen LogP contribution in [0.3, 0.4) is 0 Å². The SMILES string of the molecule is CCN(CC)C(C)CNC(=NC)N1CC2CCCCC2C1.I. The third kappa shape index (κ3) is 4.98. The van der Waals surface area contributed by atoms with Crippen molar-refractivity contribution >= 4 is 29.9 Å². The molecule has 0 aromatic carbocycles. The Bertz CT molecular complexity index is 330. The summed E-state index contributed by atoms with van der Waals surface area (Å²) in [5.41, 5.74) is 0. The molecule has 1 saturated carbocycles. The van der Waals surface area contributed by atoms with Gasteiger partial charge in [0.15, 0.2) is 5.96 Å². The van der Waals surface area contributed by atoms with E-state index in [4.69, 9.17) is 0 Å². The molecule has 5 heteroatoms. The molecule has 1 aliphatic heterocycles. The molecule has 1 saturated heterocycles. The number of fused-ring (bicyclic) bond motifs is 1. The van der Waals surface area contributed by atoms with Crippen LogP contribution in [0.1, 0.15) is 46.5 Å². The quantitative estimate of drug-likeness (QED) is 0.420. The number of nitrogens with one attached hydrogen (secondary N) is 1. The zero-order valence-electron chi connectivity index (χ0n) is 14.8. The van der Waals surface area contributed by atoms with Gasteiger partial charge in [-0.15, -0.1) is 24.0 Å². The highest BCUT2D eigenvalue weighted by Gasteiger charge is 2.35. The molecule has 2 rings (SSSR count). The normalized spacial score (nSPS) is 26.6. The Balaban J connectivity index is 0.00000242. The van der Waals surface area contributed by atoms with Crippen molar-refractivity contribution in [3.05, 3.63) is 0 Å². The van der Waals surface area contributed by atoms with Crippen LogP contribution in [0.15, 0.2) is 4.99 Å². The summed E-state index contributed by atoms with van der Waals surface area (Å²) in [4.78, 5) is 9.51. The minimum Gasteiger partial charge on any atom is -0.355 e. The van der Waals surface area contributed by atoms with Gasteiger partial charge in [-0.25, -0.2) is 0 Å². The molecule has 0 radical (unpaired) electrons. The van der Waals surface area contributed by atoms with Gasteiger partial charge < -0.3 is 10.2 Å². The first-order valence-electron chi connectivity index (χ1n) is 8.89. The first-order valence-corrected chi connectivity index (χ1v) is 8.89. The van der Waals surface area contributed by atoms with Gasteiger partial charge in [0, 0.05) is 32.7 Å². The van der Waals surface area contributed by atoms with Crippen molar-refractivity contribution in [2.24, 2.45) is 16.8 Å². The molecule has 4 nitrogen and oxygen atoms in total. The van der Waals surface area contributed by atoms with E-state index >= 15 is 0 Å². The predicted molar refractivity (Wildman–Crippen MR) is 106 cm³/mol. The summed E-state index contributed by atoms with van der Waals surface area (Å²) in [6.07, 6.45) is 5.71. The molecule has 3 unspecified atom stereocenters. The first-order chi connectivity index (χ1) is 10.2. The Kier molecular flexibility index (Phi) is 9.05. The summed E-state index contributed by atoms with van der Waals surface area (Å²) >= 11 is 0. The molecule has 1 heterocycles. The molecule has 1 aliphatic carbocycles. The molecule has 130 valence electrons. The topological polar surface area (TPSA) is 30.9 Å². The van der Waals surface area contributed by atoms with E-state index < -0.39 is 0 Å². The maximum atomic E-state index is 4.52. The second-order valence-electron chi connectivity index (χ2n) is 6.71. The van der Waals surface area contributed by atoms with Crippen LogP contribution < -0.4 is 5.32 Å². The Morgan fingerprint density at radius 3 is 2.18 bits per heavy atom. The molecular weight excluding hydrogens is 387 g/mol. The van der Waals surface area contributed by atoms with Crippen LogP contribution in [0.5, 0.6) is 0 Å². The minimum atomic E-state index is 0. The standard InChI is InChI=1S/C17H34N4.HI/c1-5-20(6-2)14(3)11-19-17(18-4)21-12-15-9-7-8-10-16(15)13-21;/h14-16H,5-13H2,1-4H3,(H,18,19);1H. The molecule has 3 atom stereocenters. The number of hydrogen-bond acceptors (Lipinski definition) is 2. The van der Waals surface area contributed by atoms with E-state index in [2.05, 4.69) is 40.9 Å². The van der Waals surface area contributed by atoms with E-state index in [9.17, 15) is 0 Å². The van der Waals surface area contributed by atoms with Crippen molar-refractivity contribution in [1.82, 2.24) is 15.1 Å². The molecule has 1 N–H and O–H groups in total. The van der Waals surface area contributed by atoms with Gasteiger partial charge in [0.1, 0.15) is 0 Å². The molecule has 0 aromatic heterocycles. The minimum absolute atomic E-state index is 0. The lowest BCUT2D eigenvalue weighted by Crippen LogP contribution is -2.47. The third-order valence-electron chi connectivity index (χ3n) is 5.48. The fourth-order valence-electron chi connectivity index (χ4n) is 4.13. The number of halogens is 1. The second-order valence-corrected chi connectivity index (χ2v) is 6.71. The van der Waals surface area contributed by atoms with Crippen LogP contribution >= 0.6 is 24.0 Å². The summed E-state index contributed by atoms with van der Waals surface area (Å²) < 4.78 is 0. The largest absolute Gasteiger partial charge is 0.355 e. The highest BCUT2D eigenvalue weighted by Crippen LogP contribution is 2.35. The van der Waals surface area contributed by atoms with Crippen molar-refractivity contribution in [2.75, 3.05) is 39.8 Å². The van der Waals surface area contributed by atoms with Crippen LogP contribution in [-0.4, -0.2) is 61.6 Å². The molecule has 0 bridgehead atoms. The number of hydrogen-bond donors (Lipinski definition) is 1. The number of likely N-dealkylation sites (N-methyl/N-ethyl adjacent to an activating group) is 1. The van der Waals surface area contributed by atoms with E-state index in [1.807, 2.05) is 7.05 Å². The van der Waals surface area contributed by atoms with Gasteiger partial charge in [-0.05, 0) is 44.7 Å². The maximum Gasteiger partial charge on any atom is 0.193 e. The summed E-state index contributed by atoms with van der Waals surface area (Å²) in [5.74, 6) is 2.94. The zero-order valence-corrected chi connectivity index (χ0v) is 17.2. The van der Waals surface area contributed by atoms with Crippen LogP contribution in [-0.2, 0) is 0 Å². The lowest BCUT2D eigenvalue weighted by molar-refractivity contribution is 0.230. The summed E-state index contributed by atoms with van der Waals surface area (Å²) in [6.45, 7) is 12.4. The Morgan fingerprint density at radius 1 is 1.18 bits per heavy atom. The van der Waals surface area contributed by atoms with E-state index in [-0.39, 0.29) is 24.0 Å². The summed E-state index contributed by atoms with van der Waals surface area (Å²) in [5, 5.41) is 3.60. The molecule has 0 aromatic rings. The Hall–Kier alpha value is -0.0400. The smallest absolute Gasteiger partial charge is 0.193 e. The van der Waals surface area contributed by atoms with Gasteiger partial charge in [-0.2, -0.15) is 0 Å². The van der Waals surface area contributed by atoms with Crippen molar-refractivity contribution in [1.29, 1.82) is 0 Å². The van der Waals surface area contributed by atoms with Crippen molar-refractivity contribution < 1.29 is 0 Å². The van der Waals surface area contributed by atoms with Gasteiger partial charge in [-0.3, -0.25) is 9.89 Å². The average molecular weight is 422 g/mol. The highest BCUT2D eigenvalue weighted by atomic mass is 127. The van der Waals surface area contributed by atoms with Crippen molar-refractivity contribution in [2.45, 2.75) is 52.5 Å². The monoisotopic (exact) mass is 422 g/mol. The van der Waals surface area contributed by atoms with Gasteiger partial charge in [0.25, 0.3) is 0 Å². The first kappa shape index (κ1) is 20.0. The van der Waals surface area contributed by atoms with E-state index in [1.165, 1.54) is 38.8 Å². The van der Waals surface area contributed by atoms with Crippen LogP contribution in [0.25, 0.3) is 0 Å². The number of aliphatic imine (C=N–C) groups is 1. The van der Waals surface area contributed by atoms with Gasteiger partial charge >= 0.3 is 0 Å². The van der Waals surface area contributed by atoms with Crippen molar-refractivity contribution in [3.63, 3.8) is 0 Å². The molecule has 0 spiro atoms. The van der Waals surface area contributed by atoms with Crippen molar-refractivity contribution in [3.8, 4) is 0 Å².